The Balaban J connectivity index is 1.75. The first kappa shape index (κ1) is 18.6. The van der Waals surface area contributed by atoms with Crippen molar-refractivity contribution >= 4 is 22.4 Å². The predicted octanol–water partition coefficient (Wildman–Crippen LogP) is 8.06. The normalized spacial score (nSPS) is 11.1. The Morgan fingerprint density at radius 1 is 0.750 bits per heavy atom. The predicted molar refractivity (Wildman–Crippen MR) is 114 cm³/mol. The first-order chi connectivity index (χ1) is 13.6. The van der Waals surface area contributed by atoms with Crippen LogP contribution in [0.2, 0.25) is 5.02 Å². The molecule has 0 radical (unpaired) electrons. The highest BCUT2D eigenvalue weighted by atomic mass is 35.5. The third-order valence-corrected chi connectivity index (χ3v) is 5.24. The summed E-state index contributed by atoms with van der Waals surface area (Å²) >= 11 is 5.90. The van der Waals surface area contributed by atoms with Crippen LogP contribution in [0.3, 0.4) is 0 Å². The quantitative estimate of drug-likeness (QED) is 0.329. The molecule has 4 rings (SSSR count). The third-order valence-electron chi connectivity index (χ3n) is 4.99. The summed E-state index contributed by atoms with van der Waals surface area (Å²) in [5.41, 5.74) is 3.31. The molecular weight excluding hydrogens is 374 g/mol. The molecule has 0 spiro atoms. The molecule has 4 aromatic rings. The smallest absolute Gasteiger partial charge is 0.138 e. The van der Waals surface area contributed by atoms with Gasteiger partial charge in [-0.05, 0) is 46.7 Å². The number of fused-ring (bicyclic) bond motifs is 1. The van der Waals surface area contributed by atoms with E-state index in [0.717, 1.165) is 23.8 Å². The molecule has 0 aliphatic heterocycles. The molecule has 0 N–H and O–H groups in total. The van der Waals surface area contributed by atoms with Crippen molar-refractivity contribution in [3.05, 3.63) is 95.0 Å². The molecule has 0 nitrogen and oxygen atoms in total. The van der Waals surface area contributed by atoms with Gasteiger partial charge in [0.1, 0.15) is 11.6 Å². The van der Waals surface area contributed by atoms with Gasteiger partial charge in [-0.25, -0.2) is 8.78 Å². The van der Waals surface area contributed by atoms with Crippen LogP contribution in [0.25, 0.3) is 33.0 Å². The number of benzene rings is 4. The summed E-state index contributed by atoms with van der Waals surface area (Å²) < 4.78 is 29.9. The van der Waals surface area contributed by atoms with Crippen molar-refractivity contribution in [1.82, 2.24) is 0 Å². The second-order valence-corrected chi connectivity index (χ2v) is 7.37. The molecule has 0 unspecified atom stereocenters. The highest BCUT2D eigenvalue weighted by Crippen LogP contribution is 2.33. The molecule has 0 aliphatic rings. The van der Waals surface area contributed by atoms with E-state index in [1.54, 1.807) is 42.5 Å². The molecular formula is C25H19ClF2. The summed E-state index contributed by atoms with van der Waals surface area (Å²) in [7, 11) is 0. The zero-order chi connectivity index (χ0) is 19.7. The summed E-state index contributed by atoms with van der Waals surface area (Å²) in [4.78, 5) is 0. The van der Waals surface area contributed by atoms with Crippen molar-refractivity contribution in [1.29, 1.82) is 0 Å². The Kier molecular flexibility index (Phi) is 5.15. The fourth-order valence-electron chi connectivity index (χ4n) is 3.55. The zero-order valence-corrected chi connectivity index (χ0v) is 16.2. The van der Waals surface area contributed by atoms with Gasteiger partial charge in [0.2, 0.25) is 0 Å². The topological polar surface area (TPSA) is 0 Å². The molecule has 0 heterocycles. The van der Waals surface area contributed by atoms with Gasteiger partial charge in [-0.3, -0.25) is 0 Å². The molecule has 0 saturated heterocycles. The lowest BCUT2D eigenvalue weighted by molar-refractivity contribution is 0.630. The van der Waals surface area contributed by atoms with E-state index >= 15 is 4.39 Å². The number of hydrogen-bond donors (Lipinski definition) is 0. The van der Waals surface area contributed by atoms with E-state index in [4.69, 9.17) is 11.6 Å². The van der Waals surface area contributed by atoms with Crippen LogP contribution in [-0.4, -0.2) is 0 Å². The van der Waals surface area contributed by atoms with Crippen LogP contribution >= 0.6 is 11.6 Å². The zero-order valence-electron chi connectivity index (χ0n) is 15.5. The molecule has 4 aromatic carbocycles. The number of aryl methyl sites for hydroxylation is 1. The van der Waals surface area contributed by atoms with Gasteiger partial charge in [-0.2, -0.15) is 0 Å². The summed E-state index contributed by atoms with van der Waals surface area (Å²) in [6.45, 7) is 2.12. The molecule has 0 fully saturated rings. The van der Waals surface area contributed by atoms with E-state index in [1.165, 1.54) is 11.6 Å². The van der Waals surface area contributed by atoms with Crippen LogP contribution in [0.4, 0.5) is 8.78 Å². The molecule has 0 amide bonds. The molecule has 28 heavy (non-hydrogen) atoms. The van der Waals surface area contributed by atoms with Gasteiger partial charge in [0.05, 0.1) is 0 Å². The molecule has 0 atom stereocenters. The monoisotopic (exact) mass is 392 g/mol. The fraction of sp³-hybridized carbons (Fsp3) is 0.120. The Labute approximate surface area is 168 Å². The summed E-state index contributed by atoms with van der Waals surface area (Å²) in [5, 5.41) is 2.02. The van der Waals surface area contributed by atoms with Crippen LogP contribution in [0, 0.1) is 11.6 Å². The van der Waals surface area contributed by atoms with E-state index in [-0.39, 0.29) is 5.82 Å². The van der Waals surface area contributed by atoms with Crippen LogP contribution in [-0.2, 0) is 6.42 Å². The van der Waals surface area contributed by atoms with E-state index in [9.17, 15) is 4.39 Å². The third kappa shape index (κ3) is 3.53. The Morgan fingerprint density at radius 2 is 1.46 bits per heavy atom. The van der Waals surface area contributed by atoms with E-state index in [1.807, 2.05) is 24.3 Å². The average molecular weight is 393 g/mol. The maximum Gasteiger partial charge on any atom is 0.138 e. The lowest BCUT2D eigenvalue weighted by Crippen LogP contribution is -1.91. The van der Waals surface area contributed by atoms with Crippen molar-refractivity contribution < 1.29 is 8.78 Å². The summed E-state index contributed by atoms with van der Waals surface area (Å²) in [6, 6.07) is 21.2. The fourth-order valence-corrected chi connectivity index (χ4v) is 3.68. The molecule has 0 aliphatic carbocycles. The van der Waals surface area contributed by atoms with E-state index in [0.29, 0.717) is 27.1 Å². The summed E-state index contributed by atoms with van der Waals surface area (Å²) in [5.74, 6) is -0.711. The second kappa shape index (κ2) is 7.73. The van der Waals surface area contributed by atoms with Crippen molar-refractivity contribution in [3.63, 3.8) is 0 Å². The van der Waals surface area contributed by atoms with Gasteiger partial charge in [0.15, 0.2) is 0 Å². The van der Waals surface area contributed by atoms with Gasteiger partial charge in [-0.15, -0.1) is 0 Å². The Morgan fingerprint density at radius 3 is 2.18 bits per heavy atom. The largest absolute Gasteiger partial charge is 0.206 e. The highest BCUT2D eigenvalue weighted by molar-refractivity contribution is 6.30. The van der Waals surface area contributed by atoms with Crippen LogP contribution in [0.15, 0.2) is 72.8 Å². The molecule has 140 valence electrons. The lowest BCUT2D eigenvalue weighted by atomic mass is 9.96. The van der Waals surface area contributed by atoms with Gasteiger partial charge in [-0.1, -0.05) is 79.5 Å². The second-order valence-electron chi connectivity index (χ2n) is 6.93. The average Bonchev–Trinajstić information content (AvgIpc) is 2.69. The highest BCUT2D eigenvalue weighted by Gasteiger charge is 2.13. The first-order valence-electron chi connectivity index (χ1n) is 9.34. The number of halogens is 3. The maximum atomic E-state index is 15.1. The van der Waals surface area contributed by atoms with Crippen LogP contribution in [0.5, 0.6) is 0 Å². The van der Waals surface area contributed by atoms with Crippen LogP contribution in [0.1, 0.15) is 18.9 Å². The van der Waals surface area contributed by atoms with Gasteiger partial charge in [0, 0.05) is 21.5 Å². The minimum atomic E-state index is -0.391. The van der Waals surface area contributed by atoms with Crippen LogP contribution < -0.4 is 0 Å². The molecule has 0 bridgehead atoms. The Hall–Kier alpha value is -2.71. The molecule has 0 saturated carbocycles. The number of hydrogen-bond acceptors (Lipinski definition) is 0. The SMILES string of the molecule is CCCc1ccc2c(F)c(-c3ccc(-c4ccc(Cl)cc4)c(F)c3)ccc2c1. The maximum absolute atomic E-state index is 15.1. The van der Waals surface area contributed by atoms with Crippen molar-refractivity contribution in [2.24, 2.45) is 0 Å². The van der Waals surface area contributed by atoms with Gasteiger partial charge in [0.25, 0.3) is 0 Å². The van der Waals surface area contributed by atoms with E-state index in [2.05, 4.69) is 6.92 Å². The van der Waals surface area contributed by atoms with Crippen molar-refractivity contribution in [2.45, 2.75) is 19.8 Å². The minimum absolute atomic E-state index is 0.320. The minimum Gasteiger partial charge on any atom is -0.206 e. The molecule has 3 heteroatoms. The van der Waals surface area contributed by atoms with Crippen molar-refractivity contribution in [2.75, 3.05) is 0 Å². The standard InChI is InChI=1S/C25H19ClF2/c1-2-3-16-4-11-22-18(14-16)8-13-23(25(22)28)19-7-12-21(24(27)15-19)17-5-9-20(26)10-6-17/h4-15H,2-3H2,1H3. The van der Waals surface area contributed by atoms with Crippen molar-refractivity contribution in [3.8, 4) is 22.3 Å². The van der Waals surface area contributed by atoms with E-state index < -0.39 is 5.82 Å². The lowest BCUT2D eigenvalue weighted by Gasteiger charge is -2.10. The molecule has 0 aromatic heterocycles. The van der Waals surface area contributed by atoms with Gasteiger partial charge >= 0.3 is 0 Å². The number of rotatable bonds is 4. The van der Waals surface area contributed by atoms with Gasteiger partial charge < -0.3 is 0 Å². The Bertz CT molecular complexity index is 1150. The summed E-state index contributed by atoms with van der Waals surface area (Å²) in [6.07, 6.45) is 2.02. The first-order valence-corrected chi connectivity index (χ1v) is 9.71.